The fraction of sp³-hybridized carbons (Fsp3) is 0.176. The lowest BCUT2D eigenvalue weighted by atomic mass is 10.1. The largest absolute Gasteiger partial charge is 0.493 e. The minimum atomic E-state index is 0.691. The molecule has 0 saturated carbocycles. The number of nitrogens with zero attached hydrogens (tertiary/aromatic N) is 2. The van der Waals surface area contributed by atoms with Crippen molar-refractivity contribution in [3.63, 3.8) is 0 Å². The molecular formula is C17H16BrN3O2S. The van der Waals surface area contributed by atoms with Crippen LogP contribution in [0.3, 0.4) is 0 Å². The van der Waals surface area contributed by atoms with Crippen LogP contribution in [0.25, 0.3) is 0 Å². The van der Waals surface area contributed by atoms with Crippen molar-refractivity contribution in [1.29, 1.82) is 0 Å². The molecule has 1 N–H and O–H groups in total. The third-order valence-electron chi connectivity index (χ3n) is 3.39. The number of hydrogen-bond donors (Lipinski definition) is 1. The highest BCUT2D eigenvalue weighted by atomic mass is 79.9. The number of nitrogens with one attached hydrogen (secondary N) is 1. The zero-order chi connectivity index (χ0) is 16.9. The number of halogens is 1. The van der Waals surface area contributed by atoms with Gasteiger partial charge in [-0.15, -0.1) is 0 Å². The monoisotopic (exact) mass is 405 g/mol. The predicted molar refractivity (Wildman–Crippen MR) is 103 cm³/mol. The van der Waals surface area contributed by atoms with E-state index in [-0.39, 0.29) is 0 Å². The number of aliphatic imine (C=N–C) groups is 1. The Kier molecular flexibility index (Phi) is 5.42. The summed E-state index contributed by atoms with van der Waals surface area (Å²) in [5, 5.41) is 5.21. The van der Waals surface area contributed by atoms with Crippen LogP contribution in [0.1, 0.15) is 5.56 Å². The second kappa shape index (κ2) is 7.72. The number of thioether (sulfide) groups is 1. The lowest BCUT2D eigenvalue weighted by molar-refractivity contribution is 0.355. The van der Waals surface area contributed by atoms with Crippen LogP contribution in [0.15, 0.2) is 57.0 Å². The van der Waals surface area contributed by atoms with Crippen LogP contribution in [0.5, 0.6) is 11.5 Å². The lowest BCUT2D eigenvalue weighted by Gasteiger charge is -2.16. The van der Waals surface area contributed by atoms with E-state index in [4.69, 9.17) is 9.47 Å². The quantitative estimate of drug-likeness (QED) is 0.827. The summed E-state index contributed by atoms with van der Waals surface area (Å²) >= 11 is 5.06. The molecule has 2 aromatic carbocycles. The van der Waals surface area contributed by atoms with Gasteiger partial charge < -0.3 is 9.47 Å². The Hall–Kier alpha value is -1.99. The molecule has 3 rings (SSSR count). The maximum absolute atomic E-state index is 5.34. The maximum atomic E-state index is 5.34. The molecule has 5 nitrogen and oxygen atoms in total. The van der Waals surface area contributed by atoms with Gasteiger partial charge in [-0.05, 0) is 36.4 Å². The number of methoxy groups -OCH3 is 2. The van der Waals surface area contributed by atoms with Crippen molar-refractivity contribution in [3.8, 4) is 11.5 Å². The van der Waals surface area contributed by atoms with Gasteiger partial charge in [-0.25, -0.2) is 4.99 Å². The van der Waals surface area contributed by atoms with E-state index in [0.717, 1.165) is 32.4 Å². The number of hydrazone groups is 1. The van der Waals surface area contributed by atoms with Gasteiger partial charge in [0, 0.05) is 15.8 Å². The molecule has 24 heavy (non-hydrogen) atoms. The molecule has 7 heteroatoms. The van der Waals surface area contributed by atoms with Crippen LogP contribution < -0.4 is 14.9 Å². The first-order valence-electron chi connectivity index (χ1n) is 7.21. The molecule has 0 spiro atoms. The molecule has 1 aliphatic rings. The van der Waals surface area contributed by atoms with Crippen molar-refractivity contribution < 1.29 is 9.47 Å². The Morgan fingerprint density at radius 2 is 1.96 bits per heavy atom. The highest BCUT2D eigenvalue weighted by Crippen LogP contribution is 2.29. The normalized spacial score (nSPS) is 15.6. The maximum Gasteiger partial charge on any atom is 0.182 e. The second-order valence-corrected chi connectivity index (χ2v) is 6.81. The van der Waals surface area contributed by atoms with Crippen LogP contribution in [0, 0.1) is 0 Å². The molecule has 0 saturated heterocycles. The van der Waals surface area contributed by atoms with E-state index >= 15 is 0 Å². The topological polar surface area (TPSA) is 55.2 Å². The van der Waals surface area contributed by atoms with Gasteiger partial charge in [0.15, 0.2) is 16.7 Å². The van der Waals surface area contributed by atoms with E-state index in [1.165, 1.54) is 0 Å². The van der Waals surface area contributed by atoms with Gasteiger partial charge in [-0.3, -0.25) is 5.43 Å². The average molecular weight is 406 g/mol. The third kappa shape index (κ3) is 3.91. The molecule has 1 heterocycles. The summed E-state index contributed by atoms with van der Waals surface area (Å²) in [6.07, 6.45) is 0. The molecule has 1 aliphatic heterocycles. The Morgan fingerprint density at radius 3 is 2.62 bits per heavy atom. The van der Waals surface area contributed by atoms with Gasteiger partial charge >= 0.3 is 0 Å². The van der Waals surface area contributed by atoms with Crippen LogP contribution >= 0.6 is 27.7 Å². The van der Waals surface area contributed by atoms with Gasteiger partial charge in [0.1, 0.15) is 0 Å². The number of ether oxygens (including phenoxy) is 2. The zero-order valence-electron chi connectivity index (χ0n) is 13.2. The van der Waals surface area contributed by atoms with Crippen molar-refractivity contribution in [2.45, 2.75) is 0 Å². The first kappa shape index (κ1) is 16.9. The smallest absolute Gasteiger partial charge is 0.182 e. The number of amidine groups is 1. The van der Waals surface area contributed by atoms with Crippen LogP contribution in [-0.4, -0.2) is 30.9 Å². The van der Waals surface area contributed by atoms with E-state index in [1.54, 1.807) is 26.0 Å². The molecule has 0 atom stereocenters. The highest BCUT2D eigenvalue weighted by molar-refractivity contribution is 9.10. The molecule has 0 bridgehead atoms. The summed E-state index contributed by atoms with van der Waals surface area (Å²) in [7, 11) is 3.25. The number of hydrogen-bond acceptors (Lipinski definition) is 5. The van der Waals surface area contributed by atoms with E-state index in [0.29, 0.717) is 11.5 Å². The van der Waals surface area contributed by atoms with Gasteiger partial charge in [0.05, 0.1) is 25.6 Å². The van der Waals surface area contributed by atoms with Crippen molar-refractivity contribution in [3.05, 3.63) is 52.5 Å². The van der Waals surface area contributed by atoms with Crippen molar-refractivity contribution in [1.82, 2.24) is 5.43 Å². The fourth-order valence-electron chi connectivity index (χ4n) is 2.20. The fourth-order valence-corrected chi connectivity index (χ4v) is 3.37. The summed E-state index contributed by atoms with van der Waals surface area (Å²) in [4.78, 5) is 4.55. The van der Waals surface area contributed by atoms with Crippen molar-refractivity contribution in [2.24, 2.45) is 10.1 Å². The van der Waals surface area contributed by atoms with E-state index in [1.807, 2.05) is 42.5 Å². The number of rotatable bonds is 4. The standard InChI is InChI=1S/C17H16BrN3O2S/c1-22-15-7-6-11(8-16(15)23-2)14-10-24-17(21-20-14)19-13-5-3-4-12(18)9-13/h3-9H,10H2,1-2H3,(H,19,21). The number of benzene rings is 2. The molecular weight excluding hydrogens is 390 g/mol. The summed E-state index contributed by atoms with van der Waals surface area (Å²) in [6.45, 7) is 0. The lowest BCUT2D eigenvalue weighted by Crippen LogP contribution is -2.25. The van der Waals surface area contributed by atoms with E-state index < -0.39 is 0 Å². The van der Waals surface area contributed by atoms with Crippen molar-refractivity contribution in [2.75, 3.05) is 20.0 Å². The van der Waals surface area contributed by atoms with E-state index in [9.17, 15) is 0 Å². The Balaban J connectivity index is 1.78. The third-order valence-corrected chi connectivity index (χ3v) is 4.75. The van der Waals surface area contributed by atoms with Crippen LogP contribution in [0.4, 0.5) is 5.69 Å². The van der Waals surface area contributed by atoms with Crippen LogP contribution in [0.2, 0.25) is 0 Å². The summed E-state index contributed by atoms with van der Waals surface area (Å²) in [5.41, 5.74) is 5.83. The molecule has 0 unspecified atom stereocenters. The first-order valence-corrected chi connectivity index (χ1v) is 8.99. The van der Waals surface area contributed by atoms with Crippen molar-refractivity contribution >= 4 is 44.3 Å². The molecule has 2 aromatic rings. The zero-order valence-corrected chi connectivity index (χ0v) is 15.6. The highest BCUT2D eigenvalue weighted by Gasteiger charge is 2.15. The average Bonchev–Trinajstić information content (AvgIpc) is 2.62. The van der Waals surface area contributed by atoms with Gasteiger partial charge in [0.25, 0.3) is 0 Å². The van der Waals surface area contributed by atoms with Gasteiger partial charge in [-0.2, -0.15) is 5.10 Å². The van der Waals surface area contributed by atoms with Gasteiger partial charge in [-0.1, -0.05) is 33.8 Å². The first-order chi connectivity index (χ1) is 11.7. The Bertz CT molecular complexity index is 808. The molecule has 0 aromatic heterocycles. The molecule has 0 amide bonds. The predicted octanol–water partition coefficient (Wildman–Crippen LogP) is 4.19. The van der Waals surface area contributed by atoms with Crippen LogP contribution in [-0.2, 0) is 0 Å². The molecule has 0 radical (unpaired) electrons. The Labute approximate surface area is 153 Å². The molecule has 0 fully saturated rings. The van der Waals surface area contributed by atoms with Gasteiger partial charge in [0.2, 0.25) is 0 Å². The summed E-state index contributed by atoms with van der Waals surface area (Å²) in [6, 6.07) is 13.6. The van der Waals surface area contributed by atoms with E-state index in [2.05, 4.69) is 31.4 Å². The summed E-state index contributed by atoms with van der Waals surface area (Å²) in [5.74, 6) is 2.13. The minimum Gasteiger partial charge on any atom is -0.493 e. The second-order valence-electron chi connectivity index (χ2n) is 4.93. The molecule has 0 aliphatic carbocycles. The Morgan fingerprint density at radius 1 is 1.12 bits per heavy atom. The SMILES string of the molecule is COc1ccc(C2=NNC(=Nc3cccc(Br)c3)SC2)cc1OC. The molecule has 124 valence electrons. The minimum absolute atomic E-state index is 0.691. The summed E-state index contributed by atoms with van der Waals surface area (Å²) < 4.78 is 11.6.